The first-order valence-corrected chi connectivity index (χ1v) is 7.64. The molecule has 0 amide bonds. The van der Waals surface area contributed by atoms with Gasteiger partial charge in [-0.1, -0.05) is 67.6 Å². The largest absolute Gasteiger partial charge is 0.474 e. The minimum Gasteiger partial charge on any atom is -0.474 e. The first-order valence-electron chi connectivity index (χ1n) is 7.64. The Morgan fingerprint density at radius 2 is 1.64 bits per heavy atom. The maximum absolute atomic E-state index is 12.5. The van der Waals surface area contributed by atoms with E-state index in [0.717, 1.165) is 16.9 Å². The highest BCUT2D eigenvalue weighted by Crippen LogP contribution is 2.42. The molecule has 0 spiro atoms. The van der Waals surface area contributed by atoms with Gasteiger partial charge >= 0.3 is 0 Å². The SMILES string of the molecule is CC(=O)C1(c2ccccc2)CC(C)C=C(c2ccccc2)O1. The third-order valence-corrected chi connectivity index (χ3v) is 4.20. The molecule has 2 aromatic rings. The summed E-state index contributed by atoms with van der Waals surface area (Å²) in [5.74, 6) is 1.11. The Hall–Kier alpha value is -2.35. The predicted octanol–water partition coefficient (Wildman–Crippen LogP) is 4.57. The van der Waals surface area contributed by atoms with Crippen LogP contribution >= 0.6 is 0 Å². The molecule has 0 N–H and O–H groups in total. The van der Waals surface area contributed by atoms with Crippen LogP contribution in [0.5, 0.6) is 0 Å². The Morgan fingerprint density at radius 1 is 1.05 bits per heavy atom. The van der Waals surface area contributed by atoms with Gasteiger partial charge < -0.3 is 4.74 Å². The van der Waals surface area contributed by atoms with Crippen molar-refractivity contribution in [1.82, 2.24) is 0 Å². The second-order valence-electron chi connectivity index (χ2n) is 5.93. The zero-order valence-corrected chi connectivity index (χ0v) is 13.0. The molecule has 2 heteroatoms. The van der Waals surface area contributed by atoms with Crippen molar-refractivity contribution < 1.29 is 9.53 Å². The molecule has 112 valence electrons. The number of ketones is 1. The van der Waals surface area contributed by atoms with Gasteiger partial charge in [-0.15, -0.1) is 0 Å². The van der Waals surface area contributed by atoms with Crippen molar-refractivity contribution in [3.8, 4) is 0 Å². The summed E-state index contributed by atoms with van der Waals surface area (Å²) in [5.41, 5.74) is 1.05. The Morgan fingerprint density at radius 3 is 2.23 bits per heavy atom. The van der Waals surface area contributed by atoms with Crippen molar-refractivity contribution in [2.75, 3.05) is 0 Å². The van der Waals surface area contributed by atoms with Gasteiger partial charge in [0.15, 0.2) is 11.4 Å². The highest BCUT2D eigenvalue weighted by molar-refractivity contribution is 5.88. The molecule has 0 radical (unpaired) electrons. The first kappa shape index (κ1) is 14.6. The standard InChI is InChI=1S/C20H20O2/c1-15-13-19(17-9-5-3-6-10-17)22-20(14-15,16(2)21)18-11-7-4-8-12-18/h3-13,15H,14H2,1-2H3. The lowest BCUT2D eigenvalue weighted by Gasteiger charge is -2.38. The van der Waals surface area contributed by atoms with Gasteiger partial charge in [0.25, 0.3) is 0 Å². The first-order chi connectivity index (χ1) is 10.6. The van der Waals surface area contributed by atoms with Crippen molar-refractivity contribution in [2.24, 2.45) is 5.92 Å². The number of carbonyl (C=O) groups is 1. The molecule has 2 nitrogen and oxygen atoms in total. The lowest BCUT2D eigenvalue weighted by Crippen LogP contribution is -2.40. The molecule has 1 aliphatic rings. The van der Waals surface area contributed by atoms with Crippen LogP contribution in [0.1, 0.15) is 31.4 Å². The van der Waals surface area contributed by atoms with Crippen molar-refractivity contribution >= 4 is 11.5 Å². The molecule has 1 heterocycles. The molecule has 2 unspecified atom stereocenters. The summed E-state index contributed by atoms with van der Waals surface area (Å²) in [7, 11) is 0. The molecule has 2 atom stereocenters. The Labute approximate surface area is 131 Å². The van der Waals surface area contributed by atoms with Gasteiger partial charge in [-0.05, 0) is 18.9 Å². The van der Waals surface area contributed by atoms with Crippen LogP contribution in [-0.2, 0) is 15.1 Å². The number of ether oxygens (including phenoxy) is 1. The lowest BCUT2D eigenvalue weighted by atomic mass is 9.79. The van der Waals surface area contributed by atoms with Crippen LogP contribution in [0.15, 0.2) is 66.7 Å². The van der Waals surface area contributed by atoms with E-state index in [1.54, 1.807) is 6.92 Å². The molecular weight excluding hydrogens is 272 g/mol. The molecule has 2 aromatic carbocycles. The molecule has 0 saturated heterocycles. The summed E-state index contributed by atoms with van der Waals surface area (Å²) in [6.45, 7) is 3.75. The summed E-state index contributed by atoms with van der Waals surface area (Å²) in [5, 5.41) is 0. The molecule has 1 aliphatic heterocycles. The van der Waals surface area contributed by atoms with E-state index in [4.69, 9.17) is 4.74 Å². The molecule has 0 bridgehead atoms. The van der Waals surface area contributed by atoms with Gasteiger partial charge in [-0.2, -0.15) is 0 Å². The second kappa shape index (κ2) is 5.80. The number of hydrogen-bond acceptors (Lipinski definition) is 2. The zero-order chi connectivity index (χ0) is 15.6. The van der Waals surface area contributed by atoms with Crippen LogP contribution in [0.2, 0.25) is 0 Å². The summed E-state index contributed by atoms with van der Waals surface area (Å²) in [6, 6.07) is 19.8. The molecule has 0 saturated carbocycles. The van der Waals surface area contributed by atoms with Crippen LogP contribution in [0.3, 0.4) is 0 Å². The van der Waals surface area contributed by atoms with E-state index in [2.05, 4.69) is 13.0 Å². The summed E-state index contributed by atoms with van der Waals surface area (Å²) in [6.07, 6.45) is 2.78. The molecule has 0 aromatic heterocycles. The van der Waals surface area contributed by atoms with E-state index < -0.39 is 5.60 Å². The molecule has 3 rings (SSSR count). The topological polar surface area (TPSA) is 26.3 Å². The second-order valence-corrected chi connectivity index (χ2v) is 5.93. The maximum atomic E-state index is 12.5. The van der Waals surface area contributed by atoms with Gasteiger partial charge in [0.2, 0.25) is 0 Å². The average Bonchev–Trinajstić information content (AvgIpc) is 2.55. The third kappa shape index (κ3) is 2.57. The number of benzene rings is 2. The Kier molecular flexibility index (Phi) is 3.84. The van der Waals surface area contributed by atoms with Crippen molar-refractivity contribution in [3.63, 3.8) is 0 Å². The van der Waals surface area contributed by atoms with E-state index in [-0.39, 0.29) is 11.7 Å². The van der Waals surface area contributed by atoms with Gasteiger partial charge in [0.05, 0.1) is 0 Å². The number of hydrogen-bond donors (Lipinski definition) is 0. The fourth-order valence-corrected chi connectivity index (χ4v) is 3.09. The van der Waals surface area contributed by atoms with Gasteiger partial charge in [0.1, 0.15) is 5.76 Å². The van der Waals surface area contributed by atoms with Crippen LogP contribution in [0.25, 0.3) is 5.76 Å². The van der Waals surface area contributed by atoms with E-state index in [1.807, 2.05) is 60.7 Å². The highest BCUT2D eigenvalue weighted by Gasteiger charge is 2.43. The van der Waals surface area contributed by atoms with Crippen LogP contribution in [0.4, 0.5) is 0 Å². The predicted molar refractivity (Wildman–Crippen MR) is 88.1 cm³/mol. The summed E-state index contributed by atoms with van der Waals surface area (Å²) in [4.78, 5) is 12.5. The average molecular weight is 292 g/mol. The Bertz CT molecular complexity index is 688. The van der Waals surface area contributed by atoms with Gasteiger partial charge in [-0.25, -0.2) is 0 Å². The third-order valence-electron chi connectivity index (χ3n) is 4.20. The molecular formula is C20H20O2. The number of allylic oxidation sites excluding steroid dienone is 1. The fourth-order valence-electron chi connectivity index (χ4n) is 3.09. The van der Waals surface area contributed by atoms with Gasteiger partial charge in [0, 0.05) is 17.5 Å². The van der Waals surface area contributed by atoms with Crippen LogP contribution in [0, 0.1) is 5.92 Å². The number of rotatable bonds is 3. The van der Waals surface area contributed by atoms with Gasteiger partial charge in [-0.3, -0.25) is 4.79 Å². The normalized spacial score (nSPS) is 24.3. The van der Waals surface area contributed by atoms with E-state index in [0.29, 0.717) is 6.42 Å². The molecule has 22 heavy (non-hydrogen) atoms. The van der Waals surface area contributed by atoms with E-state index in [9.17, 15) is 4.79 Å². The van der Waals surface area contributed by atoms with Crippen LogP contribution in [-0.4, -0.2) is 5.78 Å². The number of carbonyl (C=O) groups excluding carboxylic acids is 1. The zero-order valence-electron chi connectivity index (χ0n) is 13.0. The molecule has 0 fully saturated rings. The van der Waals surface area contributed by atoms with Crippen molar-refractivity contribution in [1.29, 1.82) is 0 Å². The monoisotopic (exact) mass is 292 g/mol. The lowest BCUT2D eigenvalue weighted by molar-refractivity contribution is -0.138. The minimum absolute atomic E-state index is 0.0482. The fraction of sp³-hybridized carbons (Fsp3) is 0.250. The smallest absolute Gasteiger partial charge is 0.192 e. The summed E-state index contributed by atoms with van der Waals surface area (Å²) < 4.78 is 6.29. The summed E-state index contributed by atoms with van der Waals surface area (Å²) >= 11 is 0. The van der Waals surface area contributed by atoms with Crippen LogP contribution < -0.4 is 0 Å². The Balaban J connectivity index is 2.07. The maximum Gasteiger partial charge on any atom is 0.192 e. The van der Waals surface area contributed by atoms with E-state index >= 15 is 0 Å². The van der Waals surface area contributed by atoms with E-state index in [1.165, 1.54) is 0 Å². The highest BCUT2D eigenvalue weighted by atomic mass is 16.5. The quantitative estimate of drug-likeness (QED) is 0.828. The van der Waals surface area contributed by atoms with Crippen molar-refractivity contribution in [3.05, 3.63) is 77.9 Å². The number of Topliss-reactive ketones (excluding diaryl/α,β-unsaturated/α-hetero) is 1. The minimum atomic E-state index is -0.888. The molecule has 0 aliphatic carbocycles. The van der Waals surface area contributed by atoms with Crippen molar-refractivity contribution in [2.45, 2.75) is 25.9 Å².